The second-order valence-corrected chi connectivity index (χ2v) is 10.8. The van der Waals surface area contributed by atoms with Gasteiger partial charge in [-0.05, 0) is 68.5 Å². The van der Waals surface area contributed by atoms with Crippen molar-refractivity contribution in [1.82, 2.24) is 4.31 Å². The smallest absolute Gasteiger partial charge is 0.207 e. The summed E-state index contributed by atoms with van der Waals surface area (Å²) in [6, 6.07) is 17.1. The van der Waals surface area contributed by atoms with Crippen LogP contribution < -0.4 is 0 Å². The maximum atomic E-state index is 13.8. The molecule has 0 aliphatic carbocycles. The van der Waals surface area contributed by atoms with Crippen molar-refractivity contribution in [2.75, 3.05) is 6.54 Å². The van der Waals surface area contributed by atoms with Gasteiger partial charge < -0.3 is 0 Å². The highest BCUT2D eigenvalue weighted by atomic mass is 35.5. The highest BCUT2D eigenvalue weighted by Crippen LogP contribution is 2.28. The largest absolute Gasteiger partial charge is 0.243 e. The second-order valence-electron chi connectivity index (χ2n) is 8.04. The van der Waals surface area contributed by atoms with E-state index in [4.69, 9.17) is 23.2 Å². The first-order valence-electron chi connectivity index (χ1n) is 10.2. The zero-order valence-electron chi connectivity index (χ0n) is 18.2. The van der Waals surface area contributed by atoms with Crippen LogP contribution in [-0.4, -0.2) is 19.3 Å². The molecule has 0 spiro atoms. The molecular formula is C25H27Cl2NO2S. The molecule has 3 aromatic carbocycles. The van der Waals surface area contributed by atoms with Crippen LogP contribution in [0.2, 0.25) is 10.0 Å². The van der Waals surface area contributed by atoms with Crippen molar-refractivity contribution >= 4 is 33.2 Å². The first kappa shape index (κ1) is 23.8. The average Bonchev–Trinajstić information content (AvgIpc) is 2.66. The van der Waals surface area contributed by atoms with E-state index in [9.17, 15) is 8.42 Å². The third-order valence-electron chi connectivity index (χ3n) is 5.33. The molecule has 0 aromatic heterocycles. The molecule has 3 nitrogen and oxygen atoms in total. The van der Waals surface area contributed by atoms with Gasteiger partial charge in [-0.2, -0.15) is 4.31 Å². The van der Waals surface area contributed by atoms with Crippen molar-refractivity contribution < 1.29 is 8.42 Å². The van der Waals surface area contributed by atoms with E-state index in [0.29, 0.717) is 34.5 Å². The van der Waals surface area contributed by atoms with Gasteiger partial charge in [-0.15, -0.1) is 0 Å². The van der Waals surface area contributed by atoms with Crippen LogP contribution in [0.1, 0.15) is 33.4 Å². The summed E-state index contributed by atoms with van der Waals surface area (Å²) in [4.78, 5) is 0.382. The summed E-state index contributed by atoms with van der Waals surface area (Å²) in [5, 5.41) is 1.10. The third kappa shape index (κ3) is 5.69. The van der Waals surface area contributed by atoms with Gasteiger partial charge in [0.1, 0.15) is 0 Å². The van der Waals surface area contributed by atoms with Crippen LogP contribution in [0.5, 0.6) is 0 Å². The minimum atomic E-state index is -3.71. The van der Waals surface area contributed by atoms with Crippen LogP contribution in [0.4, 0.5) is 0 Å². The monoisotopic (exact) mass is 475 g/mol. The predicted molar refractivity (Wildman–Crippen MR) is 130 cm³/mol. The van der Waals surface area contributed by atoms with Gasteiger partial charge in [-0.25, -0.2) is 8.42 Å². The normalized spacial score (nSPS) is 11.8. The molecule has 0 heterocycles. The summed E-state index contributed by atoms with van der Waals surface area (Å²) in [5.74, 6) is 0. The molecule has 0 aliphatic heterocycles. The van der Waals surface area contributed by atoms with E-state index in [1.54, 1.807) is 16.4 Å². The lowest BCUT2D eigenvalue weighted by molar-refractivity contribution is 0.409. The fraction of sp³-hybridized carbons (Fsp3) is 0.280. The van der Waals surface area contributed by atoms with Crippen molar-refractivity contribution in [3.8, 4) is 0 Å². The maximum Gasteiger partial charge on any atom is 0.243 e. The van der Waals surface area contributed by atoms with E-state index in [0.717, 1.165) is 33.4 Å². The van der Waals surface area contributed by atoms with Crippen LogP contribution in [0.25, 0.3) is 0 Å². The summed E-state index contributed by atoms with van der Waals surface area (Å²) < 4.78 is 29.1. The van der Waals surface area contributed by atoms with Crippen LogP contribution in [0.3, 0.4) is 0 Å². The Labute approximate surface area is 195 Å². The molecule has 0 bridgehead atoms. The highest BCUT2D eigenvalue weighted by molar-refractivity contribution is 7.89. The number of sulfonamides is 1. The number of benzene rings is 3. The molecule has 6 heteroatoms. The molecule has 0 radical (unpaired) electrons. The average molecular weight is 476 g/mol. The summed E-state index contributed by atoms with van der Waals surface area (Å²) in [5.41, 5.74) is 5.52. The number of hydrogen-bond acceptors (Lipinski definition) is 2. The first-order valence-corrected chi connectivity index (χ1v) is 12.3. The van der Waals surface area contributed by atoms with Crippen LogP contribution in [-0.2, 0) is 23.0 Å². The third-order valence-corrected chi connectivity index (χ3v) is 8.07. The molecular weight excluding hydrogens is 449 g/mol. The van der Waals surface area contributed by atoms with E-state index in [2.05, 4.69) is 0 Å². The van der Waals surface area contributed by atoms with Gasteiger partial charge in [0, 0.05) is 23.1 Å². The predicted octanol–water partition coefficient (Wildman–Crippen LogP) is 6.66. The van der Waals surface area contributed by atoms with Crippen molar-refractivity contribution in [1.29, 1.82) is 0 Å². The summed E-state index contributed by atoms with van der Waals surface area (Å²) >= 11 is 12.3. The molecule has 0 saturated heterocycles. The number of halogens is 2. The number of nitrogens with zero attached hydrogens (tertiary/aromatic N) is 1. The van der Waals surface area contributed by atoms with Gasteiger partial charge in [0.05, 0.1) is 4.90 Å². The van der Waals surface area contributed by atoms with E-state index < -0.39 is 10.0 Å². The fourth-order valence-electron chi connectivity index (χ4n) is 3.85. The SMILES string of the molecule is Cc1ccc(CN(CCc2ccc(Cl)cc2Cl)S(=O)(=O)c2c(C)cc(C)cc2C)cc1. The van der Waals surface area contributed by atoms with Crippen molar-refractivity contribution in [2.24, 2.45) is 0 Å². The molecule has 0 fully saturated rings. The molecule has 3 rings (SSSR count). The Morgan fingerprint density at radius 1 is 0.806 bits per heavy atom. The number of rotatable bonds is 7. The quantitative estimate of drug-likeness (QED) is 0.382. The second kappa shape index (κ2) is 9.74. The van der Waals surface area contributed by atoms with Crippen molar-refractivity contribution in [2.45, 2.75) is 45.6 Å². The van der Waals surface area contributed by atoms with Gasteiger partial charge in [0.15, 0.2) is 0 Å². The van der Waals surface area contributed by atoms with Gasteiger partial charge in [-0.3, -0.25) is 0 Å². The molecule has 0 atom stereocenters. The molecule has 0 unspecified atom stereocenters. The topological polar surface area (TPSA) is 37.4 Å². The van der Waals surface area contributed by atoms with Crippen LogP contribution in [0, 0.1) is 27.7 Å². The molecule has 0 amide bonds. The molecule has 31 heavy (non-hydrogen) atoms. The van der Waals surface area contributed by atoms with Crippen LogP contribution >= 0.6 is 23.2 Å². The Hall–Kier alpha value is -1.85. The van der Waals surface area contributed by atoms with Gasteiger partial charge in [0.25, 0.3) is 0 Å². The maximum absolute atomic E-state index is 13.8. The Balaban J connectivity index is 1.99. The highest BCUT2D eigenvalue weighted by Gasteiger charge is 2.28. The lowest BCUT2D eigenvalue weighted by Crippen LogP contribution is -2.33. The first-order chi connectivity index (χ1) is 14.6. The number of aryl methyl sites for hydroxylation is 4. The van der Waals surface area contributed by atoms with Gasteiger partial charge in [-0.1, -0.05) is 76.8 Å². The summed E-state index contributed by atoms with van der Waals surface area (Å²) in [6.45, 7) is 8.30. The Morgan fingerprint density at radius 2 is 1.42 bits per heavy atom. The molecule has 164 valence electrons. The van der Waals surface area contributed by atoms with E-state index in [1.165, 1.54) is 0 Å². The summed E-state index contributed by atoms with van der Waals surface area (Å²) in [6.07, 6.45) is 0.491. The van der Waals surface area contributed by atoms with Gasteiger partial charge >= 0.3 is 0 Å². The fourth-order valence-corrected chi connectivity index (χ4v) is 6.20. The van der Waals surface area contributed by atoms with Crippen molar-refractivity contribution in [3.05, 3.63) is 98.0 Å². The zero-order chi connectivity index (χ0) is 22.8. The van der Waals surface area contributed by atoms with Crippen LogP contribution in [0.15, 0.2) is 59.5 Å². The minimum Gasteiger partial charge on any atom is -0.207 e. The number of hydrogen-bond donors (Lipinski definition) is 0. The lowest BCUT2D eigenvalue weighted by Gasteiger charge is -2.25. The Kier molecular flexibility index (Phi) is 7.48. The Bertz CT molecular complexity index is 1170. The molecule has 0 aliphatic rings. The summed E-state index contributed by atoms with van der Waals surface area (Å²) in [7, 11) is -3.71. The van der Waals surface area contributed by atoms with Gasteiger partial charge in [0.2, 0.25) is 10.0 Å². The minimum absolute atomic E-state index is 0.292. The Morgan fingerprint density at radius 3 is 2.00 bits per heavy atom. The molecule has 3 aromatic rings. The molecule has 0 saturated carbocycles. The molecule has 0 N–H and O–H groups in total. The standard InChI is InChI=1S/C25H27Cl2NO2S/c1-17-5-7-21(8-6-17)16-28(12-11-22-9-10-23(26)15-24(22)27)31(29,30)25-19(3)13-18(2)14-20(25)4/h5-10,13-15H,11-12,16H2,1-4H3. The zero-order valence-corrected chi connectivity index (χ0v) is 20.6. The van der Waals surface area contributed by atoms with E-state index in [-0.39, 0.29) is 0 Å². The van der Waals surface area contributed by atoms with Crippen molar-refractivity contribution in [3.63, 3.8) is 0 Å². The van der Waals surface area contributed by atoms with E-state index in [1.807, 2.05) is 70.2 Å². The van der Waals surface area contributed by atoms with E-state index >= 15 is 0 Å². The lowest BCUT2D eigenvalue weighted by atomic mass is 10.1.